The molecule has 1 aromatic rings. The zero-order valence-corrected chi connectivity index (χ0v) is 20.3. The lowest BCUT2D eigenvalue weighted by molar-refractivity contribution is -0.149. The third kappa shape index (κ3) is 6.04. The Balaban J connectivity index is 0.00000341. The van der Waals surface area contributed by atoms with Gasteiger partial charge in [0.1, 0.15) is 0 Å². The van der Waals surface area contributed by atoms with Crippen molar-refractivity contribution >= 4 is 35.9 Å². The summed E-state index contributed by atoms with van der Waals surface area (Å²) >= 11 is 0. The Bertz CT molecular complexity index is 774. The lowest BCUT2D eigenvalue weighted by atomic mass is 9.64. The van der Waals surface area contributed by atoms with Gasteiger partial charge in [0.05, 0.1) is 18.1 Å². The Morgan fingerprint density at radius 3 is 2.48 bits per heavy atom. The number of benzene rings is 1. The fraction of sp³-hybridized carbons (Fsp3) is 0.636. The number of carbonyl (C=O) groups excluding carboxylic acids is 1. The van der Waals surface area contributed by atoms with E-state index in [1.54, 1.807) is 20.0 Å². The van der Waals surface area contributed by atoms with Crippen LogP contribution in [0, 0.1) is 5.92 Å². The summed E-state index contributed by atoms with van der Waals surface area (Å²) in [5.41, 5.74) is -0.176. The van der Waals surface area contributed by atoms with E-state index in [1.807, 2.05) is 0 Å². The van der Waals surface area contributed by atoms with E-state index in [9.17, 15) is 18.0 Å². The molecule has 5 nitrogen and oxygen atoms in total. The third-order valence-electron chi connectivity index (χ3n) is 6.32. The average Bonchev–Trinajstić information content (AvgIpc) is 2.70. The van der Waals surface area contributed by atoms with Crippen LogP contribution in [0.1, 0.15) is 50.2 Å². The summed E-state index contributed by atoms with van der Waals surface area (Å²) in [4.78, 5) is 18.4. The van der Waals surface area contributed by atoms with Crippen molar-refractivity contribution in [3.8, 4) is 0 Å². The highest BCUT2D eigenvalue weighted by Gasteiger charge is 2.41. The summed E-state index contributed by atoms with van der Waals surface area (Å²) in [5.74, 6) is 0.510. The van der Waals surface area contributed by atoms with Crippen molar-refractivity contribution in [1.82, 2.24) is 10.2 Å². The van der Waals surface area contributed by atoms with Crippen LogP contribution in [0.3, 0.4) is 0 Å². The Kier molecular flexibility index (Phi) is 9.03. The topological polar surface area (TPSA) is 53.9 Å². The van der Waals surface area contributed by atoms with E-state index in [2.05, 4.69) is 15.2 Å². The molecular weight excluding hydrogens is 522 g/mol. The molecule has 2 fully saturated rings. The molecule has 1 aliphatic heterocycles. The summed E-state index contributed by atoms with van der Waals surface area (Å²) < 4.78 is 44.6. The SMILES string of the molecule is CCOC(=O)C1CCN(C(=NC)NCC2(c3cccc(C(F)(F)F)c3)CCC2)CC1.I. The van der Waals surface area contributed by atoms with E-state index in [0.29, 0.717) is 39.1 Å². The van der Waals surface area contributed by atoms with Crippen LogP contribution in [0.15, 0.2) is 29.3 Å². The number of ether oxygens (including phenoxy) is 1. The van der Waals surface area contributed by atoms with Crippen molar-refractivity contribution in [3.05, 3.63) is 35.4 Å². The summed E-state index contributed by atoms with van der Waals surface area (Å²) in [5, 5.41) is 3.39. The number of aliphatic imine (C=N–C) groups is 1. The second-order valence-electron chi connectivity index (χ2n) is 8.13. The maximum Gasteiger partial charge on any atom is 0.416 e. The van der Waals surface area contributed by atoms with Crippen molar-refractivity contribution in [1.29, 1.82) is 0 Å². The molecule has 0 amide bonds. The lowest BCUT2D eigenvalue weighted by Crippen LogP contribution is -2.52. The number of hydrogen-bond acceptors (Lipinski definition) is 3. The second kappa shape index (κ2) is 10.9. The number of hydrogen-bond donors (Lipinski definition) is 1. The van der Waals surface area contributed by atoms with Crippen LogP contribution in [0.4, 0.5) is 13.2 Å². The molecule has 1 saturated carbocycles. The Labute approximate surface area is 198 Å². The van der Waals surface area contributed by atoms with Crippen LogP contribution in [-0.2, 0) is 21.1 Å². The van der Waals surface area contributed by atoms with Crippen LogP contribution in [0.2, 0.25) is 0 Å². The van der Waals surface area contributed by atoms with E-state index in [-0.39, 0.29) is 41.3 Å². The summed E-state index contributed by atoms with van der Waals surface area (Å²) in [6, 6.07) is 5.70. The number of esters is 1. The largest absolute Gasteiger partial charge is 0.466 e. The van der Waals surface area contributed by atoms with Gasteiger partial charge in [0.25, 0.3) is 0 Å². The third-order valence-corrected chi connectivity index (χ3v) is 6.32. The summed E-state index contributed by atoms with van der Waals surface area (Å²) in [6.07, 6.45) is -0.224. The van der Waals surface area contributed by atoms with Gasteiger partial charge in [0.2, 0.25) is 0 Å². The van der Waals surface area contributed by atoms with Gasteiger partial charge in [-0.2, -0.15) is 13.2 Å². The zero-order chi connectivity index (χ0) is 21.8. The van der Waals surface area contributed by atoms with E-state index in [4.69, 9.17) is 4.74 Å². The normalized spacial score (nSPS) is 19.3. The molecule has 2 aliphatic rings. The van der Waals surface area contributed by atoms with Crippen molar-refractivity contribution in [2.75, 3.05) is 33.3 Å². The summed E-state index contributed by atoms with van der Waals surface area (Å²) in [7, 11) is 1.71. The smallest absolute Gasteiger partial charge is 0.416 e. The highest BCUT2D eigenvalue weighted by Crippen LogP contribution is 2.44. The minimum absolute atomic E-state index is 0. The molecular formula is C22H31F3IN3O2. The van der Waals surface area contributed by atoms with Gasteiger partial charge in [-0.3, -0.25) is 9.79 Å². The fourth-order valence-electron chi connectivity index (χ4n) is 4.36. The molecule has 9 heteroatoms. The van der Waals surface area contributed by atoms with Gasteiger partial charge >= 0.3 is 12.1 Å². The molecule has 174 valence electrons. The van der Waals surface area contributed by atoms with E-state index >= 15 is 0 Å². The van der Waals surface area contributed by atoms with Crippen LogP contribution < -0.4 is 5.32 Å². The lowest BCUT2D eigenvalue weighted by Gasteiger charge is -2.44. The zero-order valence-electron chi connectivity index (χ0n) is 18.0. The molecule has 1 N–H and O–H groups in total. The number of nitrogens with zero attached hydrogens (tertiary/aromatic N) is 2. The molecule has 3 rings (SSSR count). The molecule has 0 aromatic heterocycles. The van der Waals surface area contributed by atoms with Gasteiger partial charge < -0.3 is 15.0 Å². The van der Waals surface area contributed by atoms with Crippen LogP contribution in [-0.4, -0.2) is 50.1 Å². The number of rotatable bonds is 5. The minimum atomic E-state index is -4.34. The van der Waals surface area contributed by atoms with Gasteiger partial charge in [-0.25, -0.2) is 0 Å². The van der Waals surface area contributed by atoms with E-state index in [0.717, 1.165) is 36.9 Å². The quantitative estimate of drug-likeness (QED) is 0.251. The van der Waals surface area contributed by atoms with Gasteiger partial charge in [0.15, 0.2) is 5.96 Å². The number of alkyl halides is 3. The van der Waals surface area contributed by atoms with E-state index in [1.165, 1.54) is 12.1 Å². The van der Waals surface area contributed by atoms with Crippen molar-refractivity contribution in [2.24, 2.45) is 10.9 Å². The van der Waals surface area contributed by atoms with Crippen LogP contribution in [0.25, 0.3) is 0 Å². The molecule has 0 unspecified atom stereocenters. The van der Waals surface area contributed by atoms with Gasteiger partial charge in [-0.15, -0.1) is 24.0 Å². The first-order chi connectivity index (χ1) is 14.3. The van der Waals surface area contributed by atoms with E-state index < -0.39 is 11.7 Å². The van der Waals surface area contributed by atoms with Gasteiger partial charge in [0, 0.05) is 32.1 Å². The first kappa shape index (κ1) is 25.7. The van der Waals surface area contributed by atoms with Gasteiger partial charge in [-0.1, -0.05) is 24.6 Å². The standard InChI is InChI=1S/C22H30F3N3O2.HI/c1-3-30-19(29)16-8-12-28(13-9-16)20(26-2)27-15-21(10-5-11-21)17-6-4-7-18(14-17)22(23,24)25;/h4,6-7,14,16H,3,5,8-13,15H2,1-2H3,(H,26,27);1H. The van der Waals surface area contributed by atoms with Gasteiger partial charge in [-0.05, 0) is 44.2 Å². The Hall–Kier alpha value is -1.52. The Morgan fingerprint density at radius 2 is 1.97 bits per heavy atom. The maximum absolute atomic E-state index is 13.2. The number of guanidine groups is 1. The first-order valence-electron chi connectivity index (χ1n) is 10.6. The molecule has 0 spiro atoms. The first-order valence-corrected chi connectivity index (χ1v) is 10.6. The van der Waals surface area contributed by atoms with Crippen molar-refractivity contribution in [2.45, 2.75) is 50.6 Å². The molecule has 1 aliphatic carbocycles. The molecule has 1 aromatic carbocycles. The van der Waals surface area contributed by atoms with Crippen LogP contribution >= 0.6 is 24.0 Å². The number of likely N-dealkylation sites (tertiary alicyclic amines) is 1. The van der Waals surface area contributed by atoms with Crippen molar-refractivity contribution in [3.63, 3.8) is 0 Å². The number of piperidine rings is 1. The monoisotopic (exact) mass is 553 g/mol. The fourth-order valence-corrected chi connectivity index (χ4v) is 4.36. The maximum atomic E-state index is 13.2. The average molecular weight is 553 g/mol. The molecule has 31 heavy (non-hydrogen) atoms. The highest BCUT2D eigenvalue weighted by atomic mass is 127. The minimum Gasteiger partial charge on any atom is -0.466 e. The predicted molar refractivity (Wildman–Crippen MR) is 125 cm³/mol. The molecule has 0 bridgehead atoms. The Morgan fingerprint density at radius 1 is 1.29 bits per heavy atom. The van der Waals surface area contributed by atoms with Crippen LogP contribution in [0.5, 0.6) is 0 Å². The number of halogens is 4. The number of nitrogens with one attached hydrogen (secondary N) is 1. The second-order valence-corrected chi connectivity index (χ2v) is 8.13. The van der Waals surface area contributed by atoms with Crippen molar-refractivity contribution < 1.29 is 22.7 Å². The predicted octanol–water partition coefficient (Wildman–Crippen LogP) is 4.60. The number of carbonyl (C=O) groups is 1. The molecule has 1 heterocycles. The molecule has 1 saturated heterocycles. The molecule has 0 atom stereocenters. The molecule has 0 radical (unpaired) electrons. The highest BCUT2D eigenvalue weighted by molar-refractivity contribution is 14.0. The summed E-state index contributed by atoms with van der Waals surface area (Å²) in [6.45, 7) is 4.12.